The minimum Gasteiger partial charge on any atom is -0.396 e. The lowest BCUT2D eigenvalue weighted by Gasteiger charge is -2.46. The number of hydrogen-bond acceptors (Lipinski definition) is 3. The first kappa shape index (κ1) is 14.5. The van der Waals surface area contributed by atoms with Crippen LogP contribution in [0.3, 0.4) is 0 Å². The van der Waals surface area contributed by atoms with Crippen LogP contribution in [0.15, 0.2) is 30.3 Å². The summed E-state index contributed by atoms with van der Waals surface area (Å²) in [5.74, 6) is 0.566. The van der Waals surface area contributed by atoms with Gasteiger partial charge in [0.15, 0.2) is 0 Å². The van der Waals surface area contributed by atoms with Gasteiger partial charge < -0.3 is 15.1 Å². The lowest BCUT2D eigenvalue weighted by atomic mass is 9.62. The summed E-state index contributed by atoms with van der Waals surface area (Å²) >= 11 is 0. The molecule has 4 nitrogen and oxygen atoms in total. The van der Waals surface area contributed by atoms with Crippen molar-refractivity contribution in [1.29, 1.82) is 0 Å². The summed E-state index contributed by atoms with van der Waals surface area (Å²) in [7, 11) is 0. The molecule has 1 saturated carbocycles. The zero-order chi connectivity index (χ0) is 14.9. The Balaban J connectivity index is 1.78. The molecule has 2 fully saturated rings. The van der Waals surface area contributed by atoms with Crippen LogP contribution in [0.2, 0.25) is 0 Å². The fourth-order valence-corrected chi connectivity index (χ4v) is 3.77. The molecule has 1 aromatic rings. The van der Waals surface area contributed by atoms with E-state index in [1.54, 1.807) is 0 Å². The number of carbonyl (C=O) groups is 1. The van der Waals surface area contributed by atoms with E-state index < -0.39 is 5.41 Å². The summed E-state index contributed by atoms with van der Waals surface area (Å²) in [4.78, 5) is 14.9. The number of amides is 1. The van der Waals surface area contributed by atoms with E-state index in [0.717, 1.165) is 31.5 Å². The molecule has 4 heteroatoms. The second-order valence-electron chi connectivity index (χ2n) is 6.43. The van der Waals surface area contributed by atoms with E-state index in [1.165, 1.54) is 0 Å². The maximum Gasteiger partial charge on any atom is 0.233 e. The maximum atomic E-state index is 13.0. The fourth-order valence-electron chi connectivity index (χ4n) is 3.77. The molecule has 2 N–H and O–H groups in total. The predicted octanol–water partition coefficient (Wildman–Crippen LogP) is 1.31. The van der Waals surface area contributed by atoms with Crippen molar-refractivity contribution in [1.82, 2.24) is 4.90 Å². The van der Waals surface area contributed by atoms with Gasteiger partial charge in [0, 0.05) is 19.7 Å². The van der Waals surface area contributed by atoms with Crippen molar-refractivity contribution in [3.05, 3.63) is 35.9 Å². The van der Waals surface area contributed by atoms with Crippen LogP contribution in [-0.4, -0.2) is 46.8 Å². The number of rotatable bonds is 4. The van der Waals surface area contributed by atoms with E-state index in [4.69, 9.17) is 5.11 Å². The summed E-state index contributed by atoms with van der Waals surface area (Å²) in [6.45, 7) is 1.70. The highest BCUT2D eigenvalue weighted by Crippen LogP contribution is 2.46. The normalized spacial score (nSPS) is 32.0. The van der Waals surface area contributed by atoms with Crippen molar-refractivity contribution in [3.8, 4) is 0 Å². The van der Waals surface area contributed by atoms with Gasteiger partial charge in [0.25, 0.3) is 0 Å². The molecule has 114 valence electrons. The molecule has 3 rings (SSSR count). The summed E-state index contributed by atoms with van der Waals surface area (Å²) < 4.78 is 0. The third-order valence-corrected chi connectivity index (χ3v) is 5.01. The molecule has 0 aromatic heterocycles. The first-order chi connectivity index (χ1) is 10.2. The van der Waals surface area contributed by atoms with Crippen LogP contribution < -0.4 is 0 Å². The van der Waals surface area contributed by atoms with Gasteiger partial charge in [-0.1, -0.05) is 30.3 Å². The van der Waals surface area contributed by atoms with E-state index in [1.807, 2.05) is 35.2 Å². The average molecular weight is 289 g/mol. The van der Waals surface area contributed by atoms with Gasteiger partial charge >= 0.3 is 0 Å². The molecular weight excluding hydrogens is 266 g/mol. The van der Waals surface area contributed by atoms with E-state index in [-0.39, 0.29) is 18.6 Å². The number of aliphatic hydroxyl groups is 2. The van der Waals surface area contributed by atoms with Crippen molar-refractivity contribution in [3.63, 3.8) is 0 Å². The molecule has 1 atom stereocenters. The Morgan fingerprint density at radius 2 is 2.00 bits per heavy atom. The molecular formula is C17H23NO3. The lowest BCUT2D eigenvalue weighted by Crippen LogP contribution is -2.55. The summed E-state index contributed by atoms with van der Waals surface area (Å²) in [5.41, 5.74) is 0.486. The SMILES string of the molecule is O=C(N1CCC(CCO)C1)C1(c2ccccc2)CC(O)C1. The molecule has 21 heavy (non-hydrogen) atoms. The Morgan fingerprint density at radius 1 is 1.29 bits per heavy atom. The molecule has 1 aromatic carbocycles. The van der Waals surface area contributed by atoms with Crippen molar-refractivity contribution in [2.45, 2.75) is 37.2 Å². The van der Waals surface area contributed by atoms with E-state index >= 15 is 0 Å². The van der Waals surface area contributed by atoms with E-state index in [0.29, 0.717) is 18.8 Å². The Labute approximate surface area is 125 Å². The molecule has 0 bridgehead atoms. The minimum absolute atomic E-state index is 0.152. The highest BCUT2D eigenvalue weighted by molar-refractivity contribution is 5.89. The molecule has 1 aliphatic heterocycles. The molecule has 1 unspecified atom stereocenters. The van der Waals surface area contributed by atoms with Crippen LogP contribution in [0.5, 0.6) is 0 Å². The van der Waals surface area contributed by atoms with E-state index in [2.05, 4.69) is 0 Å². The Morgan fingerprint density at radius 3 is 2.62 bits per heavy atom. The standard InChI is InChI=1S/C17H23NO3/c19-9-7-13-6-8-18(12-13)16(21)17(10-15(20)11-17)14-4-2-1-3-5-14/h1-5,13,15,19-20H,6-12H2. The molecule has 1 heterocycles. The number of benzene rings is 1. The number of nitrogens with zero attached hydrogens (tertiary/aromatic N) is 1. The van der Waals surface area contributed by atoms with Gasteiger partial charge in [-0.2, -0.15) is 0 Å². The number of likely N-dealkylation sites (tertiary alicyclic amines) is 1. The average Bonchev–Trinajstić information content (AvgIpc) is 2.93. The third kappa shape index (κ3) is 2.58. The molecule has 0 spiro atoms. The van der Waals surface area contributed by atoms with Crippen LogP contribution in [0.1, 0.15) is 31.2 Å². The van der Waals surface area contributed by atoms with Crippen molar-refractivity contribution in [2.75, 3.05) is 19.7 Å². The van der Waals surface area contributed by atoms with Crippen molar-refractivity contribution >= 4 is 5.91 Å². The maximum absolute atomic E-state index is 13.0. The Bertz CT molecular complexity index is 496. The Hall–Kier alpha value is -1.39. The smallest absolute Gasteiger partial charge is 0.233 e. The first-order valence-corrected chi connectivity index (χ1v) is 7.79. The van der Waals surface area contributed by atoms with Crippen LogP contribution in [0.4, 0.5) is 0 Å². The van der Waals surface area contributed by atoms with Gasteiger partial charge in [-0.3, -0.25) is 4.79 Å². The number of aliphatic hydroxyl groups excluding tert-OH is 2. The number of carbonyl (C=O) groups excluding carboxylic acids is 1. The first-order valence-electron chi connectivity index (χ1n) is 7.79. The van der Waals surface area contributed by atoms with Gasteiger partial charge in [-0.25, -0.2) is 0 Å². The highest BCUT2D eigenvalue weighted by Gasteiger charge is 2.53. The predicted molar refractivity (Wildman–Crippen MR) is 79.8 cm³/mol. The largest absolute Gasteiger partial charge is 0.396 e. The number of hydrogen-bond donors (Lipinski definition) is 2. The zero-order valence-electron chi connectivity index (χ0n) is 12.2. The topological polar surface area (TPSA) is 60.8 Å². The van der Waals surface area contributed by atoms with Crippen LogP contribution in [-0.2, 0) is 10.2 Å². The van der Waals surface area contributed by atoms with Crippen molar-refractivity contribution in [2.24, 2.45) is 5.92 Å². The van der Waals surface area contributed by atoms with Crippen LogP contribution >= 0.6 is 0 Å². The summed E-state index contributed by atoms with van der Waals surface area (Å²) in [6, 6.07) is 9.83. The quantitative estimate of drug-likeness (QED) is 0.878. The Kier molecular flexibility index (Phi) is 4.00. The second kappa shape index (κ2) is 5.78. The second-order valence-corrected chi connectivity index (χ2v) is 6.43. The molecule has 1 saturated heterocycles. The van der Waals surface area contributed by atoms with Gasteiger partial charge in [0.1, 0.15) is 0 Å². The van der Waals surface area contributed by atoms with Gasteiger partial charge in [-0.05, 0) is 37.2 Å². The molecule has 0 radical (unpaired) electrons. The fraction of sp³-hybridized carbons (Fsp3) is 0.588. The summed E-state index contributed by atoms with van der Waals surface area (Å²) in [6.07, 6.45) is 2.42. The van der Waals surface area contributed by atoms with Gasteiger partial charge in [0.05, 0.1) is 11.5 Å². The third-order valence-electron chi connectivity index (χ3n) is 5.01. The lowest BCUT2D eigenvalue weighted by molar-refractivity contribution is -0.145. The monoisotopic (exact) mass is 289 g/mol. The molecule has 1 amide bonds. The highest BCUT2D eigenvalue weighted by atomic mass is 16.3. The van der Waals surface area contributed by atoms with E-state index in [9.17, 15) is 9.90 Å². The van der Waals surface area contributed by atoms with Crippen LogP contribution in [0.25, 0.3) is 0 Å². The minimum atomic E-state index is -0.533. The molecule has 1 aliphatic carbocycles. The van der Waals surface area contributed by atoms with Gasteiger partial charge in [0.2, 0.25) is 5.91 Å². The van der Waals surface area contributed by atoms with Crippen LogP contribution in [0, 0.1) is 5.92 Å². The molecule has 2 aliphatic rings. The van der Waals surface area contributed by atoms with Gasteiger partial charge in [-0.15, -0.1) is 0 Å². The summed E-state index contributed by atoms with van der Waals surface area (Å²) in [5, 5.41) is 18.8. The van der Waals surface area contributed by atoms with Crippen molar-refractivity contribution < 1.29 is 15.0 Å². The zero-order valence-corrected chi connectivity index (χ0v) is 12.2.